The van der Waals surface area contributed by atoms with Gasteiger partial charge in [0.1, 0.15) is 17.6 Å². The molecule has 37 heavy (non-hydrogen) atoms. The third-order valence-electron chi connectivity index (χ3n) is 6.17. The molecule has 200 valence electrons. The highest BCUT2D eigenvalue weighted by atomic mass is 35.5. The van der Waals surface area contributed by atoms with Gasteiger partial charge in [0, 0.05) is 17.1 Å². The average molecular weight is 547 g/mol. The van der Waals surface area contributed by atoms with Crippen molar-refractivity contribution in [1.82, 2.24) is 20.3 Å². The Labute approximate surface area is 215 Å². The van der Waals surface area contributed by atoms with Crippen molar-refractivity contribution in [3.8, 4) is 11.4 Å². The van der Waals surface area contributed by atoms with Crippen LogP contribution in [0.15, 0.2) is 47.3 Å². The highest BCUT2D eigenvalue weighted by Crippen LogP contribution is 2.39. The molecule has 3 rings (SSSR count). The number of alkyl halides is 6. The molecule has 5 nitrogen and oxygen atoms in total. The largest absolute Gasteiger partial charge is 0.416 e. The number of benzene rings is 1. The summed E-state index contributed by atoms with van der Waals surface area (Å²) in [5.74, 6) is -1.75. The zero-order chi connectivity index (χ0) is 27.8. The van der Waals surface area contributed by atoms with Crippen LogP contribution in [0, 0.1) is 5.41 Å². The van der Waals surface area contributed by atoms with Gasteiger partial charge in [-0.05, 0) is 55.5 Å². The minimum Gasteiger partial charge on any atom is -0.352 e. The number of amides is 1. The Morgan fingerprint density at radius 1 is 1.11 bits per heavy atom. The maximum absolute atomic E-state index is 13.4. The topological polar surface area (TPSA) is 67.8 Å². The van der Waals surface area contributed by atoms with E-state index in [9.17, 15) is 31.1 Å². The Morgan fingerprint density at radius 2 is 1.78 bits per heavy atom. The molecule has 1 aliphatic carbocycles. The number of hydrogen-bond donors (Lipinski definition) is 1. The van der Waals surface area contributed by atoms with E-state index in [1.807, 2.05) is 0 Å². The van der Waals surface area contributed by atoms with Gasteiger partial charge in [0.15, 0.2) is 5.82 Å². The molecular formula is C25H25ClF6N4O. The van der Waals surface area contributed by atoms with Gasteiger partial charge in [-0.25, -0.2) is 15.0 Å². The van der Waals surface area contributed by atoms with E-state index in [0.717, 1.165) is 19.9 Å². The summed E-state index contributed by atoms with van der Waals surface area (Å²) in [5, 5.41) is 2.67. The van der Waals surface area contributed by atoms with Crippen molar-refractivity contribution in [2.24, 2.45) is 5.41 Å². The number of aromatic nitrogens is 3. The Kier molecular flexibility index (Phi) is 8.07. The van der Waals surface area contributed by atoms with Crippen LogP contribution in [0.5, 0.6) is 0 Å². The van der Waals surface area contributed by atoms with Crippen molar-refractivity contribution in [2.75, 3.05) is 6.54 Å². The molecule has 1 atom stereocenters. The summed E-state index contributed by atoms with van der Waals surface area (Å²) in [7, 11) is 0. The monoisotopic (exact) mass is 546 g/mol. The second-order valence-electron chi connectivity index (χ2n) is 9.56. The maximum Gasteiger partial charge on any atom is 0.416 e. The quantitative estimate of drug-likeness (QED) is 0.399. The zero-order valence-corrected chi connectivity index (χ0v) is 21.2. The number of halogens is 7. The number of hydrogen-bond acceptors (Lipinski definition) is 4. The number of carbonyl (C=O) groups is 1. The SMILES string of the molecule is CC(C)c1cc(-c2ncnc(C3CC(CNC(=O)C(C)(C)C(F)(F)F)=CC=C3Cl)n2)ccc1C(F)(F)F. The van der Waals surface area contributed by atoms with Crippen LogP contribution in [0.3, 0.4) is 0 Å². The van der Waals surface area contributed by atoms with Gasteiger partial charge in [-0.3, -0.25) is 4.79 Å². The smallest absolute Gasteiger partial charge is 0.352 e. The number of rotatable bonds is 6. The van der Waals surface area contributed by atoms with Gasteiger partial charge in [0.2, 0.25) is 5.91 Å². The zero-order valence-electron chi connectivity index (χ0n) is 20.4. The Morgan fingerprint density at radius 3 is 2.38 bits per heavy atom. The molecular weight excluding hydrogens is 522 g/mol. The second kappa shape index (κ2) is 10.4. The fourth-order valence-electron chi connectivity index (χ4n) is 3.68. The third-order valence-corrected chi connectivity index (χ3v) is 6.56. The summed E-state index contributed by atoms with van der Waals surface area (Å²) >= 11 is 6.37. The third kappa shape index (κ3) is 6.31. The minimum atomic E-state index is -4.71. The lowest BCUT2D eigenvalue weighted by Gasteiger charge is -2.27. The lowest BCUT2D eigenvalue weighted by molar-refractivity contribution is -0.211. The highest BCUT2D eigenvalue weighted by molar-refractivity contribution is 6.30. The van der Waals surface area contributed by atoms with Crippen LogP contribution in [0.25, 0.3) is 11.4 Å². The van der Waals surface area contributed by atoms with Gasteiger partial charge in [-0.15, -0.1) is 0 Å². The van der Waals surface area contributed by atoms with E-state index in [-0.39, 0.29) is 30.2 Å². The van der Waals surface area contributed by atoms with Gasteiger partial charge in [-0.2, -0.15) is 26.3 Å². The predicted molar refractivity (Wildman–Crippen MR) is 127 cm³/mol. The molecule has 1 N–H and O–H groups in total. The van der Waals surface area contributed by atoms with Crippen LogP contribution >= 0.6 is 11.6 Å². The Bertz CT molecular complexity index is 1230. The van der Waals surface area contributed by atoms with E-state index in [4.69, 9.17) is 11.6 Å². The number of carbonyl (C=O) groups excluding carboxylic acids is 1. The van der Waals surface area contributed by atoms with Gasteiger partial charge in [0.05, 0.1) is 11.5 Å². The molecule has 0 spiro atoms. The maximum atomic E-state index is 13.4. The summed E-state index contributed by atoms with van der Waals surface area (Å²) in [5.41, 5.74) is -2.23. The minimum absolute atomic E-state index is 0.102. The lowest BCUT2D eigenvalue weighted by Crippen LogP contribution is -2.47. The van der Waals surface area contributed by atoms with Crippen molar-refractivity contribution < 1.29 is 31.1 Å². The van der Waals surface area contributed by atoms with E-state index >= 15 is 0 Å². The summed E-state index contributed by atoms with van der Waals surface area (Å²) in [6.07, 6.45) is -4.62. The number of nitrogens with zero attached hydrogens (tertiary/aromatic N) is 3. The van der Waals surface area contributed by atoms with Crippen molar-refractivity contribution in [3.63, 3.8) is 0 Å². The molecule has 0 saturated carbocycles. The van der Waals surface area contributed by atoms with Crippen molar-refractivity contribution in [3.05, 3.63) is 64.2 Å². The molecule has 0 bridgehead atoms. The molecule has 1 aromatic carbocycles. The Balaban J connectivity index is 1.82. The summed E-state index contributed by atoms with van der Waals surface area (Å²) in [4.78, 5) is 24.8. The average Bonchev–Trinajstić information content (AvgIpc) is 2.81. The normalized spacial score (nSPS) is 16.9. The molecule has 2 aromatic rings. The number of allylic oxidation sites excluding steroid dienone is 3. The standard InChI is InChI=1S/C25H25ClF6N4O/c1-13(2)16-10-15(6-7-18(16)24(27,28)29)20-34-12-35-21(36-20)17-9-14(5-8-19(17)26)11-33-22(37)23(3,4)25(30,31)32/h5-8,10,12-13,17H,9,11H2,1-4H3,(H,33,37). The van der Waals surface area contributed by atoms with Gasteiger partial charge < -0.3 is 5.32 Å². The van der Waals surface area contributed by atoms with E-state index in [1.54, 1.807) is 26.0 Å². The molecule has 1 aliphatic rings. The van der Waals surface area contributed by atoms with Crippen LogP contribution in [-0.2, 0) is 11.0 Å². The first-order valence-corrected chi connectivity index (χ1v) is 11.7. The summed E-state index contributed by atoms with van der Waals surface area (Å²) < 4.78 is 79.6. The fourth-order valence-corrected chi connectivity index (χ4v) is 3.92. The van der Waals surface area contributed by atoms with Crippen LogP contribution in [-0.4, -0.2) is 33.6 Å². The molecule has 0 radical (unpaired) electrons. The van der Waals surface area contributed by atoms with Crippen molar-refractivity contribution >= 4 is 17.5 Å². The molecule has 0 fully saturated rings. The lowest BCUT2D eigenvalue weighted by atomic mass is 9.90. The first-order valence-electron chi connectivity index (χ1n) is 11.3. The predicted octanol–water partition coefficient (Wildman–Crippen LogP) is 6.92. The molecule has 1 unspecified atom stereocenters. The van der Waals surface area contributed by atoms with E-state index in [2.05, 4.69) is 20.3 Å². The van der Waals surface area contributed by atoms with E-state index < -0.39 is 41.1 Å². The van der Waals surface area contributed by atoms with Crippen LogP contribution in [0.1, 0.15) is 62.9 Å². The van der Waals surface area contributed by atoms with Gasteiger partial charge in [-0.1, -0.05) is 37.6 Å². The number of nitrogens with one attached hydrogen (secondary N) is 1. The summed E-state index contributed by atoms with van der Waals surface area (Å²) in [6.45, 7) is 4.78. The highest BCUT2D eigenvalue weighted by Gasteiger charge is 2.52. The van der Waals surface area contributed by atoms with Crippen molar-refractivity contribution in [2.45, 2.75) is 58.3 Å². The molecule has 0 saturated heterocycles. The first-order chi connectivity index (χ1) is 17.0. The van der Waals surface area contributed by atoms with E-state index in [0.29, 0.717) is 16.2 Å². The summed E-state index contributed by atoms with van der Waals surface area (Å²) in [6, 6.07) is 3.68. The van der Waals surface area contributed by atoms with Gasteiger partial charge >= 0.3 is 12.4 Å². The van der Waals surface area contributed by atoms with Crippen molar-refractivity contribution in [1.29, 1.82) is 0 Å². The van der Waals surface area contributed by atoms with Crippen LogP contribution < -0.4 is 5.32 Å². The van der Waals surface area contributed by atoms with Gasteiger partial charge in [0.25, 0.3) is 0 Å². The molecule has 1 amide bonds. The molecule has 12 heteroatoms. The fraction of sp³-hybridized carbons (Fsp3) is 0.440. The first kappa shape index (κ1) is 28.6. The van der Waals surface area contributed by atoms with Crippen LogP contribution in [0.4, 0.5) is 26.3 Å². The molecule has 1 aromatic heterocycles. The van der Waals surface area contributed by atoms with E-state index in [1.165, 1.54) is 18.5 Å². The second-order valence-corrected chi connectivity index (χ2v) is 10.00. The molecule has 1 heterocycles. The Hall–Kier alpha value is -2.95. The van der Waals surface area contributed by atoms with Crippen LogP contribution in [0.2, 0.25) is 0 Å². The molecule has 0 aliphatic heterocycles.